The first-order valence-corrected chi connectivity index (χ1v) is 7.09. The van der Waals surface area contributed by atoms with Crippen LogP contribution in [0.3, 0.4) is 0 Å². The summed E-state index contributed by atoms with van der Waals surface area (Å²) >= 11 is 0. The topological polar surface area (TPSA) is 41.3 Å². The Bertz CT molecular complexity index is 180. The second kappa shape index (κ2) is 8.90. The fourth-order valence-corrected chi connectivity index (χ4v) is 2.23. The number of nitrogens with zero attached hydrogens (tertiary/aromatic N) is 1. The maximum absolute atomic E-state index is 6.28. The van der Waals surface area contributed by atoms with E-state index < -0.39 is 0 Å². The molecule has 3 N–H and O–H groups in total. The van der Waals surface area contributed by atoms with E-state index in [1.807, 2.05) is 7.05 Å². The minimum atomic E-state index is 0.207. The Hall–Kier alpha value is -0.120. The molecule has 0 saturated carbocycles. The molecule has 0 saturated heterocycles. The van der Waals surface area contributed by atoms with Crippen molar-refractivity contribution in [2.24, 2.45) is 17.6 Å². The molecule has 0 fully saturated rings. The normalized spacial score (nSPS) is 15.9. The summed E-state index contributed by atoms with van der Waals surface area (Å²) in [6.45, 7) is 13.4. The molecule has 0 spiro atoms. The molecule has 2 unspecified atom stereocenters. The average molecular weight is 243 g/mol. The number of nitrogens with one attached hydrogen (secondary N) is 1. The molecule has 104 valence electrons. The average Bonchev–Trinajstić information content (AvgIpc) is 2.23. The highest BCUT2D eigenvalue weighted by molar-refractivity contribution is 4.76. The molecule has 0 aromatic carbocycles. The van der Waals surface area contributed by atoms with Gasteiger partial charge in [0.25, 0.3) is 0 Å². The van der Waals surface area contributed by atoms with E-state index in [1.54, 1.807) is 0 Å². The minimum absolute atomic E-state index is 0.207. The van der Waals surface area contributed by atoms with Gasteiger partial charge in [-0.15, -0.1) is 0 Å². The number of hydrogen-bond acceptors (Lipinski definition) is 3. The van der Waals surface area contributed by atoms with Crippen LogP contribution in [-0.2, 0) is 0 Å². The van der Waals surface area contributed by atoms with Crippen molar-refractivity contribution in [3.05, 3.63) is 0 Å². The zero-order valence-electron chi connectivity index (χ0n) is 12.7. The maximum Gasteiger partial charge on any atom is 0.0574 e. The lowest BCUT2D eigenvalue weighted by molar-refractivity contribution is 0.109. The van der Waals surface area contributed by atoms with Crippen molar-refractivity contribution in [1.82, 2.24) is 10.2 Å². The Morgan fingerprint density at radius 1 is 1.18 bits per heavy atom. The molecular formula is C14H33N3. The fourth-order valence-electron chi connectivity index (χ4n) is 2.23. The molecule has 0 aliphatic carbocycles. The molecule has 0 amide bonds. The van der Waals surface area contributed by atoms with Gasteiger partial charge in [-0.2, -0.15) is 0 Å². The summed E-state index contributed by atoms with van der Waals surface area (Å²) in [5.41, 5.74) is 6.28. The second-order valence-electron chi connectivity index (χ2n) is 5.71. The van der Waals surface area contributed by atoms with Gasteiger partial charge in [-0.25, -0.2) is 0 Å². The third-order valence-electron chi connectivity index (χ3n) is 3.53. The summed E-state index contributed by atoms with van der Waals surface area (Å²) in [4.78, 5) is 2.45. The van der Waals surface area contributed by atoms with Crippen LogP contribution in [0.1, 0.15) is 47.5 Å². The molecule has 0 bridgehead atoms. The third kappa shape index (κ3) is 6.39. The highest BCUT2D eigenvalue weighted by Gasteiger charge is 2.22. The van der Waals surface area contributed by atoms with Crippen molar-refractivity contribution >= 4 is 0 Å². The van der Waals surface area contributed by atoms with Gasteiger partial charge in [0.15, 0.2) is 0 Å². The lowest BCUT2D eigenvalue weighted by Crippen LogP contribution is -2.49. The van der Waals surface area contributed by atoms with Crippen LogP contribution in [0, 0.1) is 11.8 Å². The van der Waals surface area contributed by atoms with Crippen LogP contribution in [0.5, 0.6) is 0 Å². The number of hydrogen-bond donors (Lipinski definition) is 2. The maximum atomic E-state index is 6.28. The number of rotatable bonds is 9. The van der Waals surface area contributed by atoms with Crippen molar-refractivity contribution in [2.75, 3.05) is 20.1 Å². The van der Waals surface area contributed by atoms with Gasteiger partial charge >= 0.3 is 0 Å². The van der Waals surface area contributed by atoms with Gasteiger partial charge in [0, 0.05) is 12.6 Å². The predicted octanol–water partition coefficient (Wildman–Crippen LogP) is 2.27. The quantitative estimate of drug-likeness (QED) is 0.610. The van der Waals surface area contributed by atoms with Crippen LogP contribution in [0.15, 0.2) is 0 Å². The van der Waals surface area contributed by atoms with Gasteiger partial charge in [0.1, 0.15) is 0 Å². The highest BCUT2D eigenvalue weighted by atomic mass is 15.2. The standard InChI is InChI=1S/C14H33N3/c1-7-8-14(15)17(12(4)5)10-13(9-16-6)11(2)3/h11-14,16H,7-10,15H2,1-6H3. The van der Waals surface area contributed by atoms with Crippen molar-refractivity contribution in [2.45, 2.75) is 59.7 Å². The molecule has 0 aliphatic rings. The first-order valence-electron chi connectivity index (χ1n) is 7.09. The zero-order valence-corrected chi connectivity index (χ0v) is 12.7. The lowest BCUT2D eigenvalue weighted by Gasteiger charge is -2.36. The van der Waals surface area contributed by atoms with E-state index in [0.29, 0.717) is 17.9 Å². The van der Waals surface area contributed by atoms with Crippen LogP contribution in [0.4, 0.5) is 0 Å². The lowest BCUT2D eigenvalue weighted by atomic mass is 9.94. The summed E-state index contributed by atoms with van der Waals surface area (Å²) in [5.74, 6) is 1.36. The largest absolute Gasteiger partial charge is 0.319 e. The minimum Gasteiger partial charge on any atom is -0.319 e. The van der Waals surface area contributed by atoms with E-state index in [4.69, 9.17) is 5.73 Å². The van der Waals surface area contributed by atoms with Crippen LogP contribution in [-0.4, -0.2) is 37.2 Å². The highest BCUT2D eigenvalue weighted by Crippen LogP contribution is 2.16. The summed E-state index contributed by atoms with van der Waals surface area (Å²) in [7, 11) is 2.03. The van der Waals surface area contributed by atoms with Gasteiger partial charge in [-0.3, -0.25) is 4.90 Å². The van der Waals surface area contributed by atoms with Crippen LogP contribution in [0.25, 0.3) is 0 Å². The molecule has 0 heterocycles. The van der Waals surface area contributed by atoms with Crippen molar-refractivity contribution in [3.8, 4) is 0 Å². The number of nitrogens with two attached hydrogens (primary N) is 1. The van der Waals surface area contributed by atoms with Crippen molar-refractivity contribution in [3.63, 3.8) is 0 Å². The van der Waals surface area contributed by atoms with Crippen molar-refractivity contribution in [1.29, 1.82) is 0 Å². The Morgan fingerprint density at radius 2 is 1.76 bits per heavy atom. The van der Waals surface area contributed by atoms with Crippen molar-refractivity contribution < 1.29 is 0 Å². The van der Waals surface area contributed by atoms with Crippen LogP contribution < -0.4 is 11.1 Å². The van der Waals surface area contributed by atoms with Gasteiger partial charge in [0.2, 0.25) is 0 Å². The van der Waals surface area contributed by atoms with E-state index in [1.165, 1.54) is 0 Å². The van der Waals surface area contributed by atoms with E-state index in [2.05, 4.69) is 44.8 Å². The molecule has 0 aromatic rings. The molecule has 0 aliphatic heterocycles. The van der Waals surface area contributed by atoms with E-state index in [0.717, 1.165) is 25.9 Å². The van der Waals surface area contributed by atoms with Crippen LogP contribution in [0.2, 0.25) is 0 Å². The molecule has 3 nitrogen and oxygen atoms in total. The fraction of sp³-hybridized carbons (Fsp3) is 1.00. The predicted molar refractivity (Wildman–Crippen MR) is 77.0 cm³/mol. The SMILES string of the molecule is CCCC(N)N(CC(CNC)C(C)C)C(C)C. The Kier molecular flexibility index (Phi) is 8.83. The Labute approximate surface area is 108 Å². The summed E-state index contributed by atoms with van der Waals surface area (Å²) < 4.78 is 0. The summed E-state index contributed by atoms with van der Waals surface area (Å²) in [6, 6.07) is 0.523. The molecule has 0 radical (unpaired) electrons. The molecule has 0 rings (SSSR count). The first kappa shape index (κ1) is 16.9. The molecule has 0 aromatic heterocycles. The monoisotopic (exact) mass is 243 g/mol. The Balaban J connectivity index is 4.49. The van der Waals surface area contributed by atoms with Gasteiger partial charge in [-0.05, 0) is 45.7 Å². The Morgan fingerprint density at radius 3 is 2.12 bits per heavy atom. The zero-order chi connectivity index (χ0) is 13.4. The van der Waals surface area contributed by atoms with Crippen LogP contribution >= 0.6 is 0 Å². The van der Waals surface area contributed by atoms with E-state index in [-0.39, 0.29) is 6.17 Å². The van der Waals surface area contributed by atoms with Gasteiger partial charge in [-0.1, -0.05) is 27.2 Å². The molecule has 3 heteroatoms. The second-order valence-corrected chi connectivity index (χ2v) is 5.71. The van der Waals surface area contributed by atoms with E-state index >= 15 is 0 Å². The smallest absolute Gasteiger partial charge is 0.0574 e. The van der Waals surface area contributed by atoms with Gasteiger partial charge < -0.3 is 11.1 Å². The van der Waals surface area contributed by atoms with Gasteiger partial charge in [0.05, 0.1) is 6.17 Å². The summed E-state index contributed by atoms with van der Waals surface area (Å²) in [5, 5.41) is 3.30. The first-order chi connectivity index (χ1) is 7.93. The van der Waals surface area contributed by atoms with E-state index in [9.17, 15) is 0 Å². The summed E-state index contributed by atoms with van der Waals surface area (Å²) in [6.07, 6.45) is 2.45. The third-order valence-corrected chi connectivity index (χ3v) is 3.53. The molecular weight excluding hydrogens is 210 g/mol. The molecule has 17 heavy (non-hydrogen) atoms. The molecule has 2 atom stereocenters.